The van der Waals surface area contributed by atoms with Gasteiger partial charge in [0.2, 0.25) is 0 Å². The first-order valence-corrected chi connectivity index (χ1v) is 12.6. The first-order chi connectivity index (χ1) is 15.7. The number of allylic oxidation sites excluding steroid dienone is 2. The average Bonchev–Trinajstić information content (AvgIpc) is 3.54. The topological polar surface area (TPSA) is 52.6 Å². The number of carbonyl (C=O) groups excluding carboxylic acids is 1. The van der Waals surface area contributed by atoms with Crippen LogP contribution in [0.3, 0.4) is 0 Å². The minimum absolute atomic E-state index is 0.00202. The third-order valence-corrected chi connectivity index (χ3v) is 8.20. The summed E-state index contributed by atoms with van der Waals surface area (Å²) in [5.74, 6) is 1.31. The van der Waals surface area contributed by atoms with Crippen molar-refractivity contribution in [2.45, 2.75) is 49.5 Å². The maximum Gasteiger partial charge on any atom is 0.309 e. The van der Waals surface area contributed by atoms with Crippen LogP contribution in [-0.2, 0) is 20.3 Å². The monoisotopic (exact) mass is 448 g/mol. The summed E-state index contributed by atoms with van der Waals surface area (Å²) in [5.41, 5.74) is 2.45. The van der Waals surface area contributed by atoms with Crippen LogP contribution in [0.15, 0.2) is 82.1 Å². The number of esters is 1. The van der Waals surface area contributed by atoms with Crippen molar-refractivity contribution < 1.29 is 18.5 Å². The van der Waals surface area contributed by atoms with Gasteiger partial charge in [-0.05, 0) is 80.0 Å². The number of ether oxygens (including phenoxy) is 2. The molecule has 5 rings (SSSR count). The molecule has 0 radical (unpaired) electrons. The third-order valence-electron chi connectivity index (χ3n) is 6.70. The molecule has 2 aromatic carbocycles. The molecule has 4 nitrogen and oxygen atoms in total. The Morgan fingerprint density at radius 1 is 1.06 bits per heavy atom. The van der Waals surface area contributed by atoms with E-state index in [-0.39, 0.29) is 29.8 Å². The van der Waals surface area contributed by atoms with Gasteiger partial charge in [0.1, 0.15) is 11.9 Å². The van der Waals surface area contributed by atoms with Crippen LogP contribution in [0, 0.1) is 11.8 Å². The van der Waals surface area contributed by atoms with E-state index in [1.54, 1.807) is 0 Å². The summed E-state index contributed by atoms with van der Waals surface area (Å²) in [6, 6.07) is 17.8. The van der Waals surface area contributed by atoms with Crippen molar-refractivity contribution in [1.29, 1.82) is 0 Å². The Hall–Kier alpha value is -2.66. The van der Waals surface area contributed by atoms with Crippen LogP contribution in [0.5, 0.6) is 5.75 Å². The molecule has 2 saturated carbocycles. The van der Waals surface area contributed by atoms with Gasteiger partial charge < -0.3 is 9.47 Å². The lowest BCUT2D eigenvalue weighted by molar-refractivity contribution is -0.144. The van der Waals surface area contributed by atoms with Crippen LogP contribution in [0.25, 0.3) is 0 Å². The van der Waals surface area contributed by atoms with Gasteiger partial charge in [-0.15, -0.1) is 0 Å². The van der Waals surface area contributed by atoms with Crippen molar-refractivity contribution >= 4 is 16.8 Å². The summed E-state index contributed by atoms with van der Waals surface area (Å²) >= 11 is 0. The highest BCUT2D eigenvalue weighted by atomic mass is 32.2. The molecule has 0 saturated heterocycles. The van der Waals surface area contributed by atoms with Crippen LogP contribution < -0.4 is 4.74 Å². The molecule has 0 spiro atoms. The van der Waals surface area contributed by atoms with Crippen molar-refractivity contribution in [1.82, 2.24) is 0 Å². The van der Waals surface area contributed by atoms with Gasteiger partial charge in [0.25, 0.3) is 0 Å². The molecule has 32 heavy (non-hydrogen) atoms. The number of hydrogen-bond acceptors (Lipinski definition) is 4. The molecule has 0 heterocycles. The highest BCUT2D eigenvalue weighted by molar-refractivity contribution is 7.89. The molecule has 0 aliphatic heterocycles. The largest absolute Gasteiger partial charge is 0.490 e. The molecule has 5 heteroatoms. The molecule has 0 N–H and O–H groups in total. The Morgan fingerprint density at radius 2 is 1.84 bits per heavy atom. The van der Waals surface area contributed by atoms with Crippen molar-refractivity contribution in [2.75, 3.05) is 6.61 Å². The van der Waals surface area contributed by atoms with Crippen LogP contribution >= 0.6 is 0 Å². The number of carbonyl (C=O) groups is 1. The van der Waals surface area contributed by atoms with Gasteiger partial charge in [-0.25, -0.2) is 4.21 Å². The molecular formula is C27H28O4S. The van der Waals surface area contributed by atoms with Crippen LogP contribution in [0.1, 0.15) is 44.1 Å². The van der Waals surface area contributed by atoms with E-state index in [0.717, 1.165) is 41.2 Å². The van der Waals surface area contributed by atoms with Gasteiger partial charge in [-0.3, -0.25) is 4.79 Å². The Labute approximate surface area is 191 Å². The number of rotatable bonds is 7. The van der Waals surface area contributed by atoms with Gasteiger partial charge in [0.05, 0.1) is 23.3 Å². The van der Waals surface area contributed by atoms with E-state index in [1.807, 2.05) is 55.5 Å². The summed E-state index contributed by atoms with van der Waals surface area (Å²) in [6.07, 6.45) is 7.93. The molecule has 166 valence electrons. The fraction of sp³-hybridized carbons (Fsp3) is 0.370. The molecule has 0 aromatic heterocycles. The lowest BCUT2D eigenvalue weighted by atomic mass is 9.93. The zero-order chi connectivity index (χ0) is 22.1. The molecule has 5 unspecified atom stereocenters. The summed E-state index contributed by atoms with van der Waals surface area (Å²) in [6.45, 7) is 2.28. The van der Waals surface area contributed by atoms with E-state index in [4.69, 9.17) is 9.47 Å². The fourth-order valence-corrected chi connectivity index (χ4v) is 6.34. The van der Waals surface area contributed by atoms with Gasteiger partial charge in [0.15, 0.2) is 0 Å². The summed E-state index contributed by atoms with van der Waals surface area (Å²) in [5, 5.41) is 0. The Balaban J connectivity index is 1.26. The zero-order valence-electron chi connectivity index (χ0n) is 18.2. The summed E-state index contributed by atoms with van der Waals surface area (Å²) < 4.78 is 24.7. The van der Waals surface area contributed by atoms with Crippen LogP contribution in [-0.4, -0.2) is 22.9 Å². The third kappa shape index (κ3) is 4.18. The van der Waals surface area contributed by atoms with Gasteiger partial charge >= 0.3 is 5.97 Å². The quantitative estimate of drug-likeness (QED) is 0.523. The SMILES string of the molecule is CCOC(=O)C1CC1c1ccc(OC2CCC3=C(S(=O)c4ccccc4)C=CCC32)cc1. The van der Waals surface area contributed by atoms with Gasteiger partial charge in [-0.1, -0.05) is 36.4 Å². The maximum absolute atomic E-state index is 13.2. The Bertz CT molecular complexity index is 1070. The van der Waals surface area contributed by atoms with E-state index >= 15 is 0 Å². The summed E-state index contributed by atoms with van der Waals surface area (Å²) in [7, 11) is -1.15. The van der Waals surface area contributed by atoms with Crippen molar-refractivity contribution in [2.24, 2.45) is 11.8 Å². The summed E-state index contributed by atoms with van der Waals surface area (Å²) in [4.78, 5) is 13.7. The molecule has 3 aliphatic carbocycles. The second kappa shape index (κ2) is 9.07. The first-order valence-electron chi connectivity index (χ1n) is 11.5. The molecular weight excluding hydrogens is 420 g/mol. The smallest absolute Gasteiger partial charge is 0.309 e. The maximum atomic E-state index is 13.2. The Kier molecular flexibility index (Phi) is 6.01. The van der Waals surface area contributed by atoms with Crippen molar-refractivity contribution in [3.8, 4) is 5.75 Å². The predicted molar refractivity (Wildman–Crippen MR) is 125 cm³/mol. The normalized spacial score (nSPS) is 27.0. The van der Waals surface area contributed by atoms with E-state index in [0.29, 0.717) is 6.61 Å². The minimum Gasteiger partial charge on any atom is -0.490 e. The standard InChI is InChI=1S/C27H28O4S/c1-2-30-27(28)24-17-23(24)18-11-13-19(14-12-18)31-25-16-15-22-21(25)9-6-10-26(22)32(29)20-7-4-3-5-8-20/h3-8,10-14,21,23-25H,2,9,15-17H2,1H3. The molecule has 2 fully saturated rings. The predicted octanol–water partition coefficient (Wildman–Crippen LogP) is 5.53. The molecule has 3 aliphatic rings. The molecule has 0 amide bonds. The van der Waals surface area contributed by atoms with E-state index in [9.17, 15) is 9.00 Å². The second-order valence-electron chi connectivity index (χ2n) is 8.68. The van der Waals surface area contributed by atoms with Crippen LogP contribution in [0.4, 0.5) is 0 Å². The minimum atomic E-state index is -1.15. The van der Waals surface area contributed by atoms with Gasteiger partial charge in [0, 0.05) is 15.7 Å². The molecule has 2 aromatic rings. The van der Waals surface area contributed by atoms with Crippen LogP contribution in [0.2, 0.25) is 0 Å². The zero-order valence-corrected chi connectivity index (χ0v) is 19.1. The number of benzene rings is 2. The van der Waals surface area contributed by atoms with Crippen molar-refractivity contribution in [3.63, 3.8) is 0 Å². The fourth-order valence-electron chi connectivity index (χ4n) is 4.97. The van der Waals surface area contributed by atoms with E-state index < -0.39 is 10.8 Å². The highest BCUT2D eigenvalue weighted by Gasteiger charge is 2.45. The average molecular weight is 449 g/mol. The van der Waals surface area contributed by atoms with E-state index in [2.05, 4.69) is 18.2 Å². The molecule has 5 atom stereocenters. The highest BCUT2D eigenvalue weighted by Crippen LogP contribution is 2.48. The number of hydrogen-bond donors (Lipinski definition) is 0. The second-order valence-corrected chi connectivity index (χ2v) is 10.1. The lowest BCUT2D eigenvalue weighted by Gasteiger charge is -2.24. The lowest BCUT2D eigenvalue weighted by Crippen LogP contribution is -2.23. The van der Waals surface area contributed by atoms with Gasteiger partial charge in [-0.2, -0.15) is 0 Å². The van der Waals surface area contributed by atoms with E-state index in [1.165, 1.54) is 11.1 Å². The molecule has 0 bridgehead atoms. The Morgan fingerprint density at radius 3 is 2.59 bits per heavy atom. The first kappa shape index (κ1) is 21.2. The number of fused-ring (bicyclic) bond motifs is 1. The van der Waals surface area contributed by atoms with Crippen molar-refractivity contribution in [3.05, 3.63) is 82.8 Å².